The third-order valence-corrected chi connectivity index (χ3v) is 2.75. The predicted molar refractivity (Wildman–Crippen MR) is 68.9 cm³/mol. The van der Waals surface area contributed by atoms with Gasteiger partial charge >= 0.3 is 0 Å². The Morgan fingerprint density at radius 1 is 0.938 bits per heavy atom. The smallest absolute Gasteiger partial charge is 0.0593 e. The lowest BCUT2D eigenvalue weighted by Crippen LogP contribution is -2.29. The van der Waals surface area contributed by atoms with Gasteiger partial charge in [-0.1, -0.05) is 0 Å². The lowest BCUT2D eigenvalue weighted by molar-refractivity contribution is 0.0965. The highest BCUT2D eigenvalue weighted by Gasteiger charge is 2.01. The predicted octanol–water partition coefficient (Wildman–Crippen LogP) is 2.55. The fraction of sp³-hybridized carbons (Fsp3) is 1.00. The van der Waals surface area contributed by atoms with E-state index in [4.69, 9.17) is 9.47 Å². The summed E-state index contributed by atoms with van der Waals surface area (Å²) in [6.45, 7) is 10.9. The molecule has 16 heavy (non-hydrogen) atoms. The Bertz CT molecular complexity index is 140. The summed E-state index contributed by atoms with van der Waals surface area (Å²) < 4.78 is 10.9. The molecule has 3 nitrogen and oxygen atoms in total. The quantitative estimate of drug-likeness (QED) is 0.510. The van der Waals surface area contributed by atoms with Crippen molar-refractivity contribution >= 4 is 0 Å². The van der Waals surface area contributed by atoms with Crippen molar-refractivity contribution in [3.05, 3.63) is 0 Å². The highest BCUT2D eigenvalue weighted by Crippen LogP contribution is 1.97. The Hall–Kier alpha value is -0.120. The molecular formula is C13H29NO2. The molecule has 0 saturated heterocycles. The summed E-state index contributed by atoms with van der Waals surface area (Å²) in [5.74, 6) is 0. The molecule has 0 rings (SSSR count). The number of unbranched alkanes of at least 4 members (excludes halogenated alkanes) is 2. The van der Waals surface area contributed by atoms with E-state index in [1.807, 2.05) is 6.92 Å². The first-order chi connectivity index (χ1) is 7.68. The molecule has 0 aromatic carbocycles. The van der Waals surface area contributed by atoms with Crippen molar-refractivity contribution in [2.24, 2.45) is 0 Å². The normalized spacial score (nSPS) is 11.6. The molecule has 0 aliphatic heterocycles. The SMILES string of the molecule is CCOCCCCCOCCN(C)C(C)C. The van der Waals surface area contributed by atoms with Crippen LogP contribution in [-0.4, -0.2) is 51.0 Å². The summed E-state index contributed by atoms with van der Waals surface area (Å²) in [7, 11) is 2.14. The van der Waals surface area contributed by atoms with Crippen molar-refractivity contribution in [3.63, 3.8) is 0 Å². The molecule has 0 aliphatic carbocycles. The highest BCUT2D eigenvalue weighted by atomic mass is 16.5. The summed E-state index contributed by atoms with van der Waals surface area (Å²) in [6.07, 6.45) is 3.52. The van der Waals surface area contributed by atoms with Crippen LogP contribution in [0, 0.1) is 0 Å². The van der Waals surface area contributed by atoms with Crippen LogP contribution >= 0.6 is 0 Å². The van der Waals surface area contributed by atoms with Crippen LogP contribution in [0.1, 0.15) is 40.0 Å². The first kappa shape index (κ1) is 15.9. The molecule has 0 spiro atoms. The Balaban J connectivity index is 3.04. The van der Waals surface area contributed by atoms with Crippen LogP contribution in [0.3, 0.4) is 0 Å². The highest BCUT2D eigenvalue weighted by molar-refractivity contribution is 4.55. The number of hydrogen-bond acceptors (Lipinski definition) is 3. The molecule has 0 aliphatic rings. The van der Waals surface area contributed by atoms with E-state index in [0.717, 1.165) is 45.8 Å². The second-order valence-corrected chi connectivity index (χ2v) is 4.44. The van der Waals surface area contributed by atoms with Gasteiger partial charge in [-0.25, -0.2) is 0 Å². The second kappa shape index (κ2) is 11.4. The molecule has 98 valence electrons. The Morgan fingerprint density at radius 2 is 1.56 bits per heavy atom. The maximum Gasteiger partial charge on any atom is 0.0593 e. The molecule has 0 amide bonds. The third kappa shape index (κ3) is 10.4. The maximum atomic E-state index is 5.58. The van der Waals surface area contributed by atoms with Gasteiger partial charge in [0.1, 0.15) is 0 Å². The van der Waals surface area contributed by atoms with E-state index in [1.54, 1.807) is 0 Å². The molecule has 0 bridgehead atoms. The number of nitrogens with zero attached hydrogens (tertiary/aromatic N) is 1. The van der Waals surface area contributed by atoms with Crippen molar-refractivity contribution in [2.75, 3.05) is 40.0 Å². The Morgan fingerprint density at radius 3 is 2.12 bits per heavy atom. The third-order valence-electron chi connectivity index (χ3n) is 2.75. The minimum atomic E-state index is 0.606. The fourth-order valence-electron chi connectivity index (χ4n) is 1.30. The van der Waals surface area contributed by atoms with Crippen LogP contribution in [0.15, 0.2) is 0 Å². The van der Waals surface area contributed by atoms with Gasteiger partial charge < -0.3 is 14.4 Å². The minimum Gasteiger partial charge on any atom is -0.382 e. The summed E-state index contributed by atoms with van der Waals surface area (Å²) in [4.78, 5) is 2.30. The minimum absolute atomic E-state index is 0.606. The standard InChI is InChI=1S/C13H29NO2/c1-5-15-10-7-6-8-11-16-12-9-14(4)13(2)3/h13H,5-12H2,1-4H3. The molecule has 0 radical (unpaired) electrons. The van der Waals surface area contributed by atoms with E-state index in [-0.39, 0.29) is 0 Å². The van der Waals surface area contributed by atoms with Crippen LogP contribution < -0.4 is 0 Å². The molecule has 0 N–H and O–H groups in total. The zero-order valence-electron chi connectivity index (χ0n) is 11.5. The summed E-state index contributed by atoms with van der Waals surface area (Å²) in [6, 6.07) is 0.606. The van der Waals surface area contributed by atoms with Gasteiger partial charge in [0, 0.05) is 32.4 Å². The molecule has 0 aromatic rings. The van der Waals surface area contributed by atoms with Crippen molar-refractivity contribution in [1.29, 1.82) is 0 Å². The van der Waals surface area contributed by atoms with Crippen LogP contribution in [0.4, 0.5) is 0 Å². The van der Waals surface area contributed by atoms with Crippen molar-refractivity contribution in [3.8, 4) is 0 Å². The van der Waals surface area contributed by atoms with E-state index in [9.17, 15) is 0 Å². The molecule has 0 unspecified atom stereocenters. The number of hydrogen-bond donors (Lipinski definition) is 0. The molecule has 0 saturated carbocycles. The van der Waals surface area contributed by atoms with Gasteiger partial charge in [0.15, 0.2) is 0 Å². The Labute approximate surface area is 101 Å². The lowest BCUT2D eigenvalue weighted by Gasteiger charge is -2.20. The van der Waals surface area contributed by atoms with E-state index >= 15 is 0 Å². The van der Waals surface area contributed by atoms with Crippen molar-refractivity contribution in [1.82, 2.24) is 4.90 Å². The molecule has 0 aromatic heterocycles. The number of ether oxygens (including phenoxy) is 2. The van der Waals surface area contributed by atoms with Gasteiger partial charge in [-0.05, 0) is 47.1 Å². The molecule has 0 fully saturated rings. The molecule has 0 atom stereocenters. The van der Waals surface area contributed by atoms with Gasteiger partial charge in [0.05, 0.1) is 6.61 Å². The number of rotatable bonds is 11. The summed E-state index contributed by atoms with van der Waals surface area (Å²) in [5, 5.41) is 0. The summed E-state index contributed by atoms with van der Waals surface area (Å²) >= 11 is 0. The van der Waals surface area contributed by atoms with Crippen LogP contribution in [0.25, 0.3) is 0 Å². The zero-order valence-corrected chi connectivity index (χ0v) is 11.5. The Kier molecular flexibility index (Phi) is 11.3. The van der Waals surface area contributed by atoms with Gasteiger partial charge in [0.2, 0.25) is 0 Å². The van der Waals surface area contributed by atoms with E-state index in [0.29, 0.717) is 6.04 Å². The van der Waals surface area contributed by atoms with E-state index < -0.39 is 0 Å². The van der Waals surface area contributed by atoms with Gasteiger partial charge in [0.25, 0.3) is 0 Å². The van der Waals surface area contributed by atoms with Crippen LogP contribution in [0.2, 0.25) is 0 Å². The van der Waals surface area contributed by atoms with Crippen LogP contribution in [-0.2, 0) is 9.47 Å². The van der Waals surface area contributed by atoms with Gasteiger partial charge in [-0.15, -0.1) is 0 Å². The average molecular weight is 231 g/mol. The van der Waals surface area contributed by atoms with E-state index in [1.165, 1.54) is 6.42 Å². The first-order valence-corrected chi connectivity index (χ1v) is 6.54. The van der Waals surface area contributed by atoms with Crippen molar-refractivity contribution < 1.29 is 9.47 Å². The molecular weight excluding hydrogens is 202 g/mol. The summed E-state index contributed by atoms with van der Waals surface area (Å²) in [5.41, 5.74) is 0. The topological polar surface area (TPSA) is 21.7 Å². The number of likely N-dealkylation sites (N-methyl/N-ethyl adjacent to an activating group) is 1. The largest absolute Gasteiger partial charge is 0.382 e. The van der Waals surface area contributed by atoms with Gasteiger partial charge in [-0.2, -0.15) is 0 Å². The van der Waals surface area contributed by atoms with Crippen molar-refractivity contribution in [2.45, 2.75) is 46.1 Å². The molecule has 3 heteroatoms. The maximum absolute atomic E-state index is 5.58. The van der Waals surface area contributed by atoms with Crippen LogP contribution in [0.5, 0.6) is 0 Å². The lowest BCUT2D eigenvalue weighted by atomic mass is 10.2. The monoisotopic (exact) mass is 231 g/mol. The van der Waals surface area contributed by atoms with E-state index in [2.05, 4.69) is 25.8 Å². The molecule has 0 heterocycles. The zero-order chi connectivity index (χ0) is 12.2. The fourth-order valence-corrected chi connectivity index (χ4v) is 1.30. The second-order valence-electron chi connectivity index (χ2n) is 4.44. The first-order valence-electron chi connectivity index (χ1n) is 6.54. The average Bonchev–Trinajstić information content (AvgIpc) is 2.26. The van der Waals surface area contributed by atoms with Gasteiger partial charge in [-0.3, -0.25) is 0 Å².